The molecule has 98 valence electrons. The van der Waals surface area contributed by atoms with Crippen molar-refractivity contribution in [3.05, 3.63) is 0 Å². The quantitative estimate of drug-likeness (QED) is 0.676. The Morgan fingerprint density at radius 1 is 1.53 bits per heavy atom. The van der Waals surface area contributed by atoms with Gasteiger partial charge in [0.15, 0.2) is 0 Å². The zero-order chi connectivity index (χ0) is 12.5. The normalized spacial score (nSPS) is 35.4. The summed E-state index contributed by atoms with van der Waals surface area (Å²) in [4.78, 5) is 12.1. The van der Waals surface area contributed by atoms with Crippen molar-refractivity contribution in [3.8, 4) is 0 Å². The summed E-state index contributed by atoms with van der Waals surface area (Å²) in [5, 5.41) is 16.1. The standard InChI is InChI=1S/C13H24N2O2/c1-3-13(2,17)8-15-12(16)11-10-6-4-5-9(10)7-14-11/h9-11,14,17H,3-8H2,1-2H3,(H,15,16). The third-order valence-corrected chi connectivity index (χ3v) is 4.43. The van der Waals surface area contributed by atoms with Crippen LogP contribution in [0.2, 0.25) is 0 Å². The topological polar surface area (TPSA) is 61.4 Å². The Morgan fingerprint density at radius 3 is 3.00 bits per heavy atom. The van der Waals surface area contributed by atoms with Crippen molar-refractivity contribution >= 4 is 5.91 Å². The maximum Gasteiger partial charge on any atom is 0.237 e. The number of aliphatic hydroxyl groups is 1. The summed E-state index contributed by atoms with van der Waals surface area (Å²) in [5.74, 6) is 1.27. The summed E-state index contributed by atoms with van der Waals surface area (Å²) in [6.45, 7) is 5.01. The second kappa shape index (κ2) is 4.94. The van der Waals surface area contributed by atoms with Gasteiger partial charge in [0.25, 0.3) is 0 Å². The summed E-state index contributed by atoms with van der Waals surface area (Å²) in [6, 6.07) is -0.0323. The summed E-state index contributed by atoms with van der Waals surface area (Å²) in [5.41, 5.74) is -0.788. The first-order chi connectivity index (χ1) is 8.03. The SMILES string of the molecule is CCC(C)(O)CNC(=O)C1NCC2CCCC21. The van der Waals surface area contributed by atoms with Crippen LogP contribution in [0.3, 0.4) is 0 Å². The van der Waals surface area contributed by atoms with E-state index in [1.807, 2.05) is 6.92 Å². The molecule has 4 nitrogen and oxygen atoms in total. The second-order valence-corrected chi connectivity index (χ2v) is 5.81. The van der Waals surface area contributed by atoms with Gasteiger partial charge in [0, 0.05) is 6.54 Å². The van der Waals surface area contributed by atoms with E-state index in [0.29, 0.717) is 24.8 Å². The van der Waals surface area contributed by atoms with Crippen LogP contribution < -0.4 is 10.6 Å². The van der Waals surface area contributed by atoms with E-state index in [2.05, 4.69) is 10.6 Å². The van der Waals surface area contributed by atoms with Crippen LogP contribution in [-0.2, 0) is 4.79 Å². The fraction of sp³-hybridized carbons (Fsp3) is 0.923. The number of hydrogen-bond acceptors (Lipinski definition) is 3. The Bertz CT molecular complexity index is 291. The van der Waals surface area contributed by atoms with Crippen molar-refractivity contribution in [1.82, 2.24) is 10.6 Å². The molecule has 4 heteroatoms. The van der Waals surface area contributed by atoms with Crippen LogP contribution in [0.4, 0.5) is 0 Å². The molecule has 3 N–H and O–H groups in total. The number of carbonyl (C=O) groups excluding carboxylic acids is 1. The molecule has 1 saturated carbocycles. The minimum Gasteiger partial charge on any atom is -0.388 e. The van der Waals surface area contributed by atoms with Crippen molar-refractivity contribution in [3.63, 3.8) is 0 Å². The summed E-state index contributed by atoms with van der Waals surface area (Å²) < 4.78 is 0. The fourth-order valence-corrected chi connectivity index (χ4v) is 2.99. The van der Waals surface area contributed by atoms with Crippen molar-refractivity contribution in [2.45, 2.75) is 51.2 Å². The van der Waals surface area contributed by atoms with Gasteiger partial charge in [-0.3, -0.25) is 4.79 Å². The molecule has 0 aromatic carbocycles. The van der Waals surface area contributed by atoms with Gasteiger partial charge in [-0.1, -0.05) is 13.3 Å². The first-order valence-electron chi connectivity index (χ1n) is 6.77. The van der Waals surface area contributed by atoms with Gasteiger partial charge in [0.1, 0.15) is 0 Å². The maximum atomic E-state index is 12.1. The van der Waals surface area contributed by atoms with Crippen LogP contribution >= 0.6 is 0 Å². The van der Waals surface area contributed by atoms with Crippen LogP contribution in [0.25, 0.3) is 0 Å². The van der Waals surface area contributed by atoms with Gasteiger partial charge in [-0.25, -0.2) is 0 Å². The van der Waals surface area contributed by atoms with E-state index in [-0.39, 0.29) is 11.9 Å². The largest absolute Gasteiger partial charge is 0.388 e. The van der Waals surface area contributed by atoms with Crippen molar-refractivity contribution in [1.29, 1.82) is 0 Å². The molecule has 1 amide bonds. The van der Waals surface area contributed by atoms with Gasteiger partial charge in [0.05, 0.1) is 11.6 Å². The van der Waals surface area contributed by atoms with Gasteiger partial charge in [-0.2, -0.15) is 0 Å². The van der Waals surface area contributed by atoms with Gasteiger partial charge in [-0.05, 0) is 44.6 Å². The first-order valence-corrected chi connectivity index (χ1v) is 6.77. The third kappa shape index (κ3) is 2.80. The van der Waals surface area contributed by atoms with Gasteiger partial charge >= 0.3 is 0 Å². The second-order valence-electron chi connectivity index (χ2n) is 5.81. The third-order valence-electron chi connectivity index (χ3n) is 4.43. The predicted molar refractivity (Wildman–Crippen MR) is 66.5 cm³/mol. The lowest BCUT2D eigenvalue weighted by Gasteiger charge is -2.24. The van der Waals surface area contributed by atoms with Crippen molar-refractivity contribution < 1.29 is 9.90 Å². The molecule has 0 bridgehead atoms. The monoisotopic (exact) mass is 240 g/mol. The minimum atomic E-state index is -0.788. The zero-order valence-corrected chi connectivity index (χ0v) is 10.8. The molecule has 2 aliphatic rings. The molecular formula is C13H24N2O2. The highest BCUT2D eigenvalue weighted by Gasteiger charge is 2.42. The van der Waals surface area contributed by atoms with E-state index in [1.165, 1.54) is 19.3 Å². The Labute approximate surface area is 103 Å². The van der Waals surface area contributed by atoms with Crippen LogP contribution in [0.5, 0.6) is 0 Å². The number of rotatable bonds is 4. The highest BCUT2D eigenvalue weighted by molar-refractivity contribution is 5.82. The molecule has 2 rings (SSSR count). The number of nitrogens with one attached hydrogen (secondary N) is 2. The van der Waals surface area contributed by atoms with Crippen LogP contribution in [0, 0.1) is 11.8 Å². The van der Waals surface area contributed by atoms with Crippen molar-refractivity contribution in [2.75, 3.05) is 13.1 Å². The van der Waals surface area contributed by atoms with Crippen LogP contribution in [0.15, 0.2) is 0 Å². The van der Waals surface area contributed by atoms with Gasteiger partial charge in [0.2, 0.25) is 5.91 Å². The van der Waals surface area contributed by atoms with E-state index in [4.69, 9.17) is 0 Å². The molecule has 1 aliphatic heterocycles. The molecule has 4 unspecified atom stereocenters. The predicted octanol–water partition coefficient (Wildman–Crippen LogP) is 0.652. The molecule has 17 heavy (non-hydrogen) atoms. The Hall–Kier alpha value is -0.610. The lowest BCUT2D eigenvalue weighted by atomic mass is 9.93. The molecular weight excluding hydrogens is 216 g/mol. The highest BCUT2D eigenvalue weighted by Crippen LogP contribution is 2.37. The minimum absolute atomic E-state index is 0.0323. The molecule has 1 aliphatic carbocycles. The Morgan fingerprint density at radius 2 is 2.29 bits per heavy atom. The van der Waals surface area contributed by atoms with Crippen LogP contribution in [-0.4, -0.2) is 35.7 Å². The molecule has 4 atom stereocenters. The lowest BCUT2D eigenvalue weighted by molar-refractivity contribution is -0.124. The average molecular weight is 240 g/mol. The molecule has 1 heterocycles. The smallest absolute Gasteiger partial charge is 0.237 e. The highest BCUT2D eigenvalue weighted by atomic mass is 16.3. The molecule has 0 spiro atoms. The maximum absolute atomic E-state index is 12.1. The van der Waals surface area contributed by atoms with Crippen molar-refractivity contribution in [2.24, 2.45) is 11.8 Å². The molecule has 0 aromatic rings. The van der Waals surface area contributed by atoms with E-state index in [9.17, 15) is 9.90 Å². The summed E-state index contributed by atoms with van der Waals surface area (Å²) in [6.07, 6.45) is 4.33. The number of amides is 1. The van der Waals surface area contributed by atoms with E-state index in [0.717, 1.165) is 6.54 Å². The number of carbonyl (C=O) groups is 1. The molecule has 2 fully saturated rings. The number of hydrogen-bond donors (Lipinski definition) is 3. The molecule has 0 radical (unpaired) electrons. The van der Waals surface area contributed by atoms with E-state index < -0.39 is 5.60 Å². The average Bonchev–Trinajstić information content (AvgIpc) is 2.87. The molecule has 1 saturated heterocycles. The van der Waals surface area contributed by atoms with Crippen LogP contribution in [0.1, 0.15) is 39.5 Å². The zero-order valence-electron chi connectivity index (χ0n) is 10.8. The van der Waals surface area contributed by atoms with E-state index in [1.54, 1.807) is 6.92 Å². The Kier molecular flexibility index (Phi) is 3.73. The van der Waals surface area contributed by atoms with Gasteiger partial charge in [-0.15, -0.1) is 0 Å². The first kappa shape index (κ1) is 12.8. The lowest BCUT2D eigenvalue weighted by Crippen LogP contribution is -2.48. The number of fused-ring (bicyclic) bond motifs is 1. The summed E-state index contributed by atoms with van der Waals surface area (Å²) >= 11 is 0. The molecule has 0 aromatic heterocycles. The summed E-state index contributed by atoms with van der Waals surface area (Å²) in [7, 11) is 0. The van der Waals surface area contributed by atoms with Gasteiger partial charge < -0.3 is 15.7 Å². The Balaban J connectivity index is 1.84. The fourth-order valence-electron chi connectivity index (χ4n) is 2.99. The van der Waals surface area contributed by atoms with E-state index >= 15 is 0 Å².